The van der Waals surface area contributed by atoms with Crippen LogP contribution < -0.4 is 5.43 Å². The summed E-state index contributed by atoms with van der Waals surface area (Å²) < 4.78 is 73.0. The van der Waals surface area contributed by atoms with Crippen LogP contribution in [0.4, 0.5) is 22.0 Å². The number of hydrogen-bond donors (Lipinski definition) is 1. The fraction of sp³-hybridized carbons (Fsp3) is 0.0588. The Labute approximate surface area is 141 Å². The molecule has 3 aromatic rings. The molecule has 0 spiro atoms. The van der Waals surface area contributed by atoms with E-state index in [0.717, 1.165) is 0 Å². The number of carboxylic acids is 1. The van der Waals surface area contributed by atoms with Gasteiger partial charge in [0.2, 0.25) is 5.82 Å². The van der Waals surface area contributed by atoms with Crippen molar-refractivity contribution in [1.29, 1.82) is 0 Å². The number of halogens is 5. The third-order valence-electron chi connectivity index (χ3n) is 3.63. The molecule has 0 radical (unpaired) electrons. The second-order valence-electron chi connectivity index (χ2n) is 5.28. The lowest BCUT2D eigenvalue weighted by Gasteiger charge is -2.09. The quantitative estimate of drug-likeness (QED) is 0.433. The minimum Gasteiger partial charge on any atom is -0.481 e. The molecule has 0 atom stereocenters. The molecule has 2 aromatic carbocycles. The predicted octanol–water partition coefficient (Wildman–Crippen LogP) is 3.78. The van der Waals surface area contributed by atoms with Crippen molar-refractivity contribution in [2.24, 2.45) is 0 Å². The molecule has 26 heavy (non-hydrogen) atoms. The van der Waals surface area contributed by atoms with E-state index in [1.54, 1.807) is 0 Å². The van der Waals surface area contributed by atoms with Crippen LogP contribution in [0.25, 0.3) is 22.3 Å². The van der Waals surface area contributed by atoms with Crippen molar-refractivity contribution in [1.82, 2.24) is 0 Å². The number of hydrogen-bond acceptors (Lipinski definition) is 3. The first-order chi connectivity index (χ1) is 12.2. The Morgan fingerprint density at radius 1 is 0.962 bits per heavy atom. The molecule has 0 unspecified atom stereocenters. The number of rotatable bonds is 3. The Morgan fingerprint density at radius 2 is 1.54 bits per heavy atom. The summed E-state index contributed by atoms with van der Waals surface area (Å²) in [4.78, 5) is 23.1. The largest absolute Gasteiger partial charge is 0.481 e. The summed E-state index contributed by atoms with van der Waals surface area (Å²) in [5, 5.41) is 8.79. The highest BCUT2D eigenvalue weighted by molar-refractivity contribution is 5.85. The molecule has 0 aliphatic rings. The molecule has 4 nitrogen and oxygen atoms in total. The maximum Gasteiger partial charge on any atom is 0.307 e. The monoisotopic (exact) mass is 370 g/mol. The molecular weight excluding hydrogens is 363 g/mol. The Bertz CT molecular complexity index is 1090. The van der Waals surface area contributed by atoms with Gasteiger partial charge in [-0.15, -0.1) is 0 Å². The molecule has 1 heterocycles. The highest BCUT2D eigenvalue weighted by Crippen LogP contribution is 2.32. The summed E-state index contributed by atoms with van der Waals surface area (Å²) in [6.07, 6.45) is -0.583. The zero-order valence-corrected chi connectivity index (χ0v) is 12.6. The van der Waals surface area contributed by atoms with Gasteiger partial charge in [0.1, 0.15) is 11.3 Å². The standard InChI is InChI=1S/C17H7F5O4/c18-12-11(13(19)15(21)16(22)14(12)20)9-5-8(23)7-3-1-2-6(4-10(24)25)17(7)26-9/h1-3,5H,4H2,(H,24,25). The summed E-state index contributed by atoms with van der Waals surface area (Å²) >= 11 is 0. The average molecular weight is 370 g/mol. The highest BCUT2D eigenvalue weighted by atomic mass is 19.2. The van der Waals surface area contributed by atoms with E-state index in [2.05, 4.69) is 0 Å². The molecule has 3 rings (SSSR count). The lowest BCUT2D eigenvalue weighted by molar-refractivity contribution is -0.136. The average Bonchev–Trinajstić information content (AvgIpc) is 2.59. The maximum atomic E-state index is 14.0. The van der Waals surface area contributed by atoms with Crippen LogP contribution in [0.15, 0.2) is 33.5 Å². The van der Waals surface area contributed by atoms with Gasteiger partial charge in [0.05, 0.1) is 17.4 Å². The molecule has 0 amide bonds. The van der Waals surface area contributed by atoms with Gasteiger partial charge in [0.15, 0.2) is 28.7 Å². The SMILES string of the molecule is O=C(O)Cc1cccc2c(=O)cc(-c3c(F)c(F)c(F)c(F)c3F)oc12. The van der Waals surface area contributed by atoms with E-state index in [4.69, 9.17) is 9.52 Å². The Morgan fingerprint density at radius 3 is 2.12 bits per heavy atom. The van der Waals surface area contributed by atoms with Crippen molar-refractivity contribution in [3.8, 4) is 11.3 Å². The molecule has 0 aliphatic heterocycles. The van der Waals surface area contributed by atoms with Crippen LogP contribution in [0.1, 0.15) is 5.56 Å². The normalized spacial score (nSPS) is 11.1. The first-order valence-electron chi connectivity index (χ1n) is 7.01. The van der Waals surface area contributed by atoms with E-state index >= 15 is 0 Å². The van der Waals surface area contributed by atoms with Crippen molar-refractivity contribution in [3.63, 3.8) is 0 Å². The van der Waals surface area contributed by atoms with E-state index in [0.29, 0.717) is 6.07 Å². The molecule has 0 bridgehead atoms. The van der Waals surface area contributed by atoms with Crippen LogP contribution in [0.5, 0.6) is 0 Å². The van der Waals surface area contributed by atoms with Crippen molar-refractivity contribution in [2.75, 3.05) is 0 Å². The molecule has 0 fully saturated rings. The fourth-order valence-corrected chi connectivity index (χ4v) is 2.48. The van der Waals surface area contributed by atoms with E-state index in [1.807, 2.05) is 0 Å². The molecule has 1 N–H and O–H groups in total. The number of carbonyl (C=O) groups is 1. The fourth-order valence-electron chi connectivity index (χ4n) is 2.48. The van der Waals surface area contributed by atoms with Crippen LogP contribution >= 0.6 is 0 Å². The minimum absolute atomic E-state index is 0.00202. The van der Waals surface area contributed by atoms with E-state index in [-0.39, 0.29) is 16.5 Å². The van der Waals surface area contributed by atoms with Crippen LogP contribution in [0.2, 0.25) is 0 Å². The number of fused-ring (bicyclic) bond motifs is 1. The number of benzene rings is 2. The third-order valence-corrected chi connectivity index (χ3v) is 3.63. The number of aliphatic carboxylic acids is 1. The number of para-hydroxylation sites is 1. The lowest BCUT2D eigenvalue weighted by atomic mass is 10.1. The van der Waals surface area contributed by atoms with Crippen LogP contribution in [-0.2, 0) is 11.2 Å². The number of carboxylic acid groups (broad SMARTS) is 1. The summed E-state index contributed by atoms with van der Waals surface area (Å²) in [6.45, 7) is 0. The summed E-state index contributed by atoms with van der Waals surface area (Å²) in [7, 11) is 0. The molecule has 0 saturated heterocycles. The Hall–Kier alpha value is -3.23. The first kappa shape index (κ1) is 17.6. The van der Waals surface area contributed by atoms with Gasteiger partial charge < -0.3 is 9.52 Å². The first-order valence-corrected chi connectivity index (χ1v) is 7.01. The van der Waals surface area contributed by atoms with Gasteiger partial charge >= 0.3 is 5.97 Å². The van der Waals surface area contributed by atoms with Crippen molar-refractivity contribution >= 4 is 16.9 Å². The van der Waals surface area contributed by atoms with Gasteiger partial charge in [-0.25, -0.2) is 22.0 Å². The molecule has 0 saturated carbocycles. The van der Waals surface area contributed by atoms with Crippen LogP contribution in [0, 0.1) is 29.1 Å². The van der Waals surface area contributed by atoms with Crippen LogP contribution in [0.3, 0.4) is 0 Å². The van der Waals surface area contributed by atoms with Gasteiger partial charge in [0.25, 0.3) is 0 Å². The van der Waals surface area contributed by atoms with Gasteiger partial charge in [0, 0.05) is 11.6 Å². The zero-order valence-electron chi connectivity index (χ0n) is 12.6. The van der Waals surface area contributed by atoms with Gasteiger partial charge in [-0.2, -0.15) is 0 Å². The summed E-state index contributed by atoms with van der Waals surface area (Å²) in [6, 6.07) is 4.51. The smallest absolute Gasteiger partial charge is 0.307 e. The molecule has 1 aromatic heterocycles. The maximum absolute atomic E-state index is 14.0. The molecule has 134 valence electrons. The second-order valence-corrected chi connectivity index (χ2v) is 5.28. The second kappa shape index (κ2) is 6.25. The van der Waals surface area contributed by atoms with Crippen molar-refractivity contribution < 1.29 is 36.3 Å². The topological polar surface area (TPSA) is 67.5 Å². The Balaban J connectivity index is 2.38. The molecule has 9 heteroatoms. The predicted molar refractivity (Wildman–Crippen MR) is 79.0 cm³/mol. The molecular formula is C17H7F5O4. The van der Waals surface area contributed by atoms with E-state index in [1.165, 1.54) is 18.2 Å². The van der Waals surface area contributed by atoms with Crippen molar-refractivity contribution in [3.05, 3.63) is 69.1 Å². The van der Waals surface area contributed by atoms with Crippen molar-refractivity contribution in [2.45, 2.75) is 6.42 Å². The highest BCUT2D eigenvalue weighted by Gasteiger charge is 2.28. The summed E-state index contributed by atoms with van der Waals surface area (Å²) in [5.74, 6) is -13.3. The van der Waals surface area contributed by atoms with Crippen LogP contribution in [-0.4, -0.2) is 11.1 Å². The zero-order chi connectivity index (χ0) is 19.2. The van der Waals surface area contributed by atoms with Gasteiger partial charge in [-0.1, -0.05) is 12.1 Å². The molecule has 0 aliphatic carbocycles. The minimum atomic E-state index is -2.35. The Kier molecular flexibility index (Phi) is 4.23. The van der Waals surface area contributed by atoms with E-state index < -0.39 is 58.2 Å². The van der Waals surface area contributed by atoms with Gasteiger partial charge in [-0.3, -0.25) is 9.59 Å². The van der Waals surface area contributed by atoms with E-state index in [9.17, 15) is 31.5 Å². The van der Waals surface area contributed by atoms with Gasteiger partial charge in [-0.05, 0) is 6.07 Å². The summed E-state index contributed by atoms with van der Waals surface area (Å²) in [5.41, 5.74) is -2.57. The lowest BCUT2D eigenvalue weighted by Crippen LogP contribution is -2.08. The third kappa shape index (κ3) is 2.71.